The van der Waals surface area contributed by atoms with Gasteiger partial charge in [0.05, 0.1) is 0 Å². The van der Waals surface area contributed by atoms with E-state index in [0.717, 1.165) is 11.1 Å². The van der Waals surface area contributed by atoms with Gasteiger partial charge in [0, 0.05) is 7.05 Å². The molecule has 0 N–H and O–H groups in total. The predicted molar refractivity (Wildman–Crippen MR) is 93.5 cm³/mol. The van der Waals surface area contributed by atoms with Gasteiger partial charge < -0.3 is 9.47 Å². The number of esters is 1. The second kappa shape index (κ2) is 8.52. The van der Waals surface area contributed by atoms with Crippen LogP contribution in [0.1, 0.15) is 39.7 Å². The zero-order valence-electron chi connectivity index (χ0n) is 15.2. The minimum absolute atomic E-state index is 0.161. The molecule has 0 spiro atoms. The van der Waals surface area contributed by atoms with E-state index in [1.165, 1.54) is 11.9 Å². The van der Waals surface area contributed by atoms with E-state index in [1.54, 1.807) is 27.7 Å². The summed E-state index contributed by atoms with van der Waals surface area (Å²) < 4.78 is 10.7. The molecule has 1 unspecified atom stereocenters. The molecule has 0 aliphatic carbocycles. The Morgan fingerprint density at radius 2 is 1.79 bits per heavy atom. The van der Waals surface area contributed by atoms with Gasteiger partial charge in [-0.15, -0.1) is 6.58 Å². The molecule has 1 aromatic rings. The van der Waals surface area contributed by atoms with Gasteiger partial charge in [0.2, 0.25) is 0 Å². The van der Waals surface area contributed by atoms with Crippen LogP contribution in [0, 0.1) is 0 Å². The van der Waals surface area contributed by atoms with Crippen LogP contribution in [-0.2, 0) is 20.9 Å². The van der Waals surface area contributed by atoms with E-state index in [1.807, 2.05) is 30.3 Å². The highest BCUT2D eigenvalue weighted by Gasteiger charge is 2.31. The summed E-state index contributed by atoms with van der Waals surface area (Å²) in [5.74, 6) is -0.477. The Bertz CT molecular complexity index is 575. The lowest BCUT2D eigenvalue weighted by Gasteiger charge is -2.29. The molecule has 0 bridgehead atoms. The Kier molecular flexibility index (Phi) is 7.01. The van der Waals surface area contributed by atoms with Crippen LogP contribution in [0.25, 0.3) is 0 Å². The van der Waals surface area contributed by atoms with Crippen molar-refractivity contribution in [1.29, 1.82) is 0 Å². The van der Waals surface area contributed by atoms with Crippen molar-refractivity contribution in [3.8, 4) is 0 Å². The van der Waals surface area contributed by atoms with Crippen molar-refractivity contribution in [2.75, 3.05) is 7.05 Å². The number of amides is 1. The Labute approximate surface area is 144 Å². The maximum atomic E-state index is 12.5. The summed E-state index contributed by atoms with van der Waals surface area (Å²) in [6, 6.07) is 8.63. The molecular weight excluding hydrogens is 306 g/mol. The molecule has 0 aromatic heterocycles. The van der Waals surface area contributed by atoms with Gasteiger partial charge in [-0.2, -0.15) is 0 Å². The number of rotatable bonds is 6. The van der Waals surface area contributed by atoms with Crippen molar-refractivity contribution in [2.24, 2.45) is 0 Å². The molecule has 0 aliphatic heterocycles. The molecule has 5 heteroatoms. The lowest BCUT2D eigenvalue weighted by Crippen LogP contribution is -2.45. The van der Waals surface area contributed by atoms with Crippen molar-refractivity contribution in [3.63, 3.8) is 0 Å². The van der Waals surface area contributed by atoms with Crippen molar-refractivity contribution in [3.05, 3.63) is 48.0 Å². The predicted octanol–water partition coefficient (Wildman–Crippen LogP) is 3.93. The van der Waals surface area contributed by atoms with Crippen molar-refractivity contribution >= 4 is 12.1 Å². The van der Waals surface area contributed by atoms with Gasteiger partial charge in [0.1, 0.15) is 18.2 Å². The number of hydrogen-bond acceptors (Lipinski definition) is 4. The number of hydrogen-bond donors (Lipinski definition) is 0. The van der Waals surface area contributed by atoms with Crippen LogP contribution in [-0.4, -0.2) is 35.7 Å². The molecule has 24 heavy (non-hydrogen) atoms. The van der Waals surface area contributed by atoms with Gasteiger partial charge in [-0.05, 0) is 39.7 Å². The summed E-state index contributed by atoms with van der Waals surface area (Å²) in [6.45, 7) is 11.1. The molecule has 1 atom stereocenters. The normalized spacial score (nSPS) is 12.2. The number of benzene rings is 1. The summed E-state index contributed by atoms with van der Waals surface area (Å²) in [7, 11) is 1.53. The summed E-state index contributed by atoms with van der Waals surface area (Å²) >= 11 is 0. The Morgan fingerprint density at radius 1 is 1.21 bits per heavy atom. The molecule has 1 rings (SSSR count). The molecule has 0 saturated carbocycles. The Hall–Kier alpha value is -2.30. The maximum absolute atomic E-state index is 12.5. The van der Waals surface area contributed by atoms with Gasteiger partial charge >= 0.3 is 12.1 Å². The third kappa shape index (κ3) is 6.86. The Morgan fingerprint density at radius 3 is 2.29 bits per heavy atom. The minimum atomic E-state index is -0.763. The van der Waals surface area contributed by atoms with E-state index in [0.29, 0.717) is 6.42 Å². The first-order valence-electron chi connectivity index (χ1n) is 7.91. The van der Waals surface area contributed by atoms with Gasteiger partial charge in [-0.1, -0.05) is 35.9 Å². The topological polar surface area (TPSA) is 55.8 Å². The third-order valence-electron chi connectivity index (χ3n) is 3.19. The molecule has 0 aliphatic rings. The highest BCUT2D eigenvalue weighted by atomic mass is 16.6. The van der Waals surface area contributed by atoms with E-state index in [4.69, 9.17) is 9.47 Å². The maximum Gasteiger partial charge on any atom is 0.410 e. The Balaban J connectivity index is 2.77. The molecular formula is C19H27NO4. The SMILES string of the molecule is C=C(C)CC(C(=O)OCc1ccccc1)N(C)C(=O)OC(C)(C)C. The number of likely N-dealkylation sites (N-methyl/N-ethyl adjacent to an activating group) is 1. The number of nitrogens with zero attached hydrogens (tertiary/aromatic N) is 1. The molecule has 0 heterocycles. The summed E-state index contributed by atoms with van der Waals surface area (Å²) in [4.78, 5) is 25.9. The largest absolute Gasteiger partial charge is 0.459 e. The van der Waals surface area contributed by atoms with Gasteiger partial charge in [0.25, 0.3) is 0 Å². The van der Waals surface area contributed by atoms with E-state index in [-0.39, 0.29) is 6.61 Å². The fraction of sp³-hybridized carbons (Fsp3) is 0.474. The first-order valence-corrected chi connectivity index (χ1v) is 7.91. The summed E-state index contributed by atoms with van der Waals surface area (Å²) in [5.41, 5.74) is 1.04. The lowest BCUT2D eigenvalue weighted by atomic mass is 10.1. The molecule has 0 fully saturated rings. The van der Waals surface area contributed by atoms with Crippen molar-refractivity contribution < 1.29 is 19.1 Å². The number of carbonyl (C=O) groups excluding carboxylic acids is 2. The van der Waals surface area contributed by atoms with E-state index in [2.05, 4.69) is 6.58 Å². The van der Waals surface area contributed by atoms with Crippen molar-refractivity contribution in [1.82, 2.24) is 4.90 Å². The van der Waals surface area contributed by atoms with Crippen LogP contribution >= 0.6 is 0 Å². The zero-order valence-corrected chi connectivity index (χ0v) is 15.2. The minimum Gasteiger partial charge on any atom is -0.459 e. The summed E-state index contributed by atoms with van der Waals surface area (Å²) in [6.07, 6.45) is -0.242. The van der Waals surface area contributed by atoms with Gasteiger partial charge in [0.15, 0.2) is 0 Å². The zero-order chi connectivity index (χ0) is 18.3. The van der Waals surface area contributed by atoms with Crippen LogP contribution in [0.5, 0.6) is 0 Å². The average Bonchev–Trinajstić information content (AvgIpc) is 2.48. The lowest BCUT2D eigenvalue weighted by molar-refractivity contribution is -0.150. The highest BCUT2D eigenvalue weighted by molar-refractivity contribution is 5.81. The molecule has 1 amide bonds. The van der Waals surface area contributed by atoms with Crippen LogP contribution in [0.15, 0.2) is 42.5 Å². The van der Waals surface area contributed by atoms with E-state index < -0.39 is 23.7 Å². The molecule has 1 aromatic carbocycles. The third-order valence-corrected chi connectivity index (χ3v) is 3.19. The second-order valence-corrected chi connectivity index (χ2v) is 6.86. The van der Waals surface area contributed by atoms with Crippen molar-refractivity contribution in [2.45, 2.75) is 52.4 Å². The fourth-order valence-electron chi connectivity index (χ4n) is 1.99. The first-order chi connectivity index (χ1) is 11.1. The van der Waals surface area contributed by atoms with E-state index in [9.17, 15) is 9.59 Å². The van der Waals surface area contributed by atoms with Crippen LogP contribution < -0.4 is 0 Å². The smallest absolute Gasteiger partial charge is 0.410 e. The quantitative estimate of drug-likeness (QED) is 0.584. The highest BCUT2D eigenvalue weighted by Crippen LogP contribution is 2.16. The monoisotopic (exact) mass is 333 g/mol. The standard InChI is InChI=1S/C19H27NO4/c1-14(2)12-16(20(6)18(22)24-19(3,4)5)17(21)23-13-15-10-8-7-9-11-15/h7-11,16H,1,12-13H2,2-6H3. The van der Waals surface area contributed by atoms with Gasteiger partial charge in [-0.25, -0.2) is 9.59 Å². The fourth-order valence-corrected chi connectivity index (χ4v) is 1.99. The van der Waals surface area contributed by atoms with Crippen LogP contribution in [0.2, 0.25) is 0 Å². The molecule has 5 nitrogen and oxygen atoms in total. The van der Waals surface area contributed by atoms with Crippen LogP contribution in [0.4, 0.5) is 4.79 Å². The molecule has 0 radical (unpaired) electrons. The average molecular weight is 333 g/mol. The number of carbonyl (C=O) groups is 2. The second-order valence-electron chi connectivity index (χ2n) is 6.86. The molecule has 132 valence electrons. The summed E-state index contributed by atoms with van der Waals surface area (Å²) in [5, 5.41) is 0. The first kappa shape index (κ1) is 19.7. The van der Waals surface area contributed by atoms with E-state index >= 15 is 0 Å². The van der Waals surface area contributed by atoms with Crippen LogP contribution in [0.3, 0.4) is 0 Å². The molecule has 0 saturated heterocycles. The van der Waals surface area contributed by atoms with Gasteiger partial charge in [-0.3, -0.25) is 4.90 Å². The number of ether oxygens (including phenoxy) is 2.